The molecule has 0 saturated heterocycles. The highest BCUT2D eigenvalue weighted by Crippen LogP contribution is 2.41. The standard InChI is InChI=1S/C15H14BrClN2/c16-13-5-2-1-4-12(13)10-8-11(9-10)19-14-6-3-7-18-15(14)17/h1-7,10-11,19H,8-9H2. The van der Waals surface area contributed by atoms with Crippen LogP contribution >= 0.6 is 27.5 Å². The van der Waals surface area contributed by atoms with Crippen LogP contribution in [0.3, 0.4) is 0 Å². The van der Waals surface area contributed by atoms with Gasteiger partial charge < -0.3 is 5.32 Å². The van der Waals surface area contributed by atoms with Crippen molar-refractivity contribution in [3.63, 3.8) is 0 Å². The van der Waals surface area contributed by atoms with Crippen molar-refractivity contribution in [3.05, 3.63) is 57.8 Å². The van der Waals surface area contributed by atoms with Gasteiger partial charge in [0.25, 0.3) is 0 Å². The van der Waals surface area contributed by atoms with E-state index in [0.29, 0.717) is 17.1 Å². The molecule has 0 amide bonds. The van der Waals surface area contributed by atoms with Gasteiger partial charge in [0, 0.05) is 16.7 Å². The highest BCUT2D eigenvalue weighted by molar-refractivity contribution is 9.10. The number of nitrogens with one attached hydrogen (secondary N) is 1. The van der Waals surface area contributed by atoms with Crippen LogP contribution in [0.4, 0.5) is 5.69 Å². The predicted molar refractivity (Wildman–Crippen MR) is 82.8 cm³/mol. The molecule has 1 aliphatic rings. The van der Waals surface area contributed by atoms with Crippen LogP contribution in [0.2, 0.25) is 5.15 Å². The highest BCUT2D eigenvalue weighted by Gasteiger charge is 2.31. The molecule has 0 radical (unpaired) electrons. The molecular weight excluding hydrogens is 324 g/mol. The molecule has 3 rings (SSSR count). The van der Waals surface area contributed by atoms with E-state index in [-0.39, 0.29) is 0 Å². The molecule has 1 saturated carbocycles. The van der Waals surface area contributed by atoms with Gasteiger partial charge in [-0.2, -0.15) is 0 Å². The monoisotopic (exact) mass is 336 g/mol. The summed E-state index contributed by atoms with van der Waals surface area (Å²) in [5.41, 5.74) is 2.33. The smallest absolute Gasteiger partial charge is 0.152 e. The maximum absolute atomic E-state index is 6.05. The molecule has 2 nitrogen and oxygen atoms in total. The molecule has 1 fully saturated rings. The Morgan fingerprint density at radius 1 is 1.16 bits per heavy atom. The third-order valence-corrected chi connectivity index (χ3v) is 4.63. The number of hydrogen-bond acceptors (Lipinski definition) is 2. The average Bonchev–Trinajstić information content (AvgIpc) is 2.37. The topological polar surface area (TPSA) is 24.9 Å². The highest BCUT2D eigenvalue weighted by atomic mass is 79.9. The Morgan fingerprint density at radius 3 is 2.68 bits per heavy atom. The molecule has 98 valence electrons. The first-order valence-corrected chi connectivity index (χ1v) is 7.52. The van der Waals surface area contributed by atoms with Gasteiger partial charge >= 0.3 is 0 Å². The van der Waals surface area contributed by atoms with Crippen molar-refractivity contribution in [2.75, 3.05) is 5.32 Å². The first-order valence-electron chi connectivity index (χ1n) is 6.35. The van der Waals surface area contributed by atoms with Gasteiger partial charge in [-0.25, -0.2) is 4.98 Å². The first kappa shape index (κ1) is 12.9. The van der Waals surface area contributed by atoms with Gasteiger partial charge in [0.1, 0.15) is 0 Å². The van der Waals surface area contributed by atoms with Crippen molar-refractivity contribution in [1.82, 2.24) is 4.98 Å². The third kappa shape index (κ3) is 2.77. The van der Waals surface area contributed by atoms with Crippen LogP contribution in [-0.4, -0.2) is 11.0 Å². The molecule has 1 aliphatic carbocycles. The molecule has 0 aliphatic heterocycles. The summed E-state index contributed by atoms with van der Waals surface area (Å²) >= 11 is 9.67. The van der Waals surface area contributed by atoms with Crippen LogP contribution in [0.15, 0.2) is 47.1 Å². The molecule has 4 heteroatoms. The Balaban J connectivity index is 1.62. The van der Waals surface area contributed by atoms with Crippen molar-refractivity contribution < 1.29 is 0 Å². The van der Waals surface area contributed by atoms with E-state index in [0.717, 1.165) is 18.5 Å². The van der Waals surface area contributed by atoms with Crippen molar-refractivity contribution in [2.24, 2.45) is 0 Å². The lowest BCUT2D eigenvalue weighted by Crippen LogP contribution is -2.34. The zero-order valence-electron chi connectivity index (χ0n) is 10.3. The van der Waals surface area contributed by atoms with E-state index in [4.69, 9.17) is 11.6 Å². The van der Waals surface area contributed by atoms with E-state index >= 15 is 0 Å². The maximum Gasteiger partial charge on any atom is 0.152 e. The number of rotatable bonds is 3. The average molecular weight is 338 g/mol. The SMILES string of the molecule is Clc1ncccc1NC1CC(c2ccccc2Br)C1. The number of nitrogens with zero attached hydrogens (tertiary/aromatic N) is 1. The first-order chi connectivity index (χ1) is 9.24. The van der Waals surface area contributed by atoms with Crippen LogP contribution in [0.25, 0.3) is 0 Å². The fourth-order valence-corrected chi connectivity index (χ4v) is 3.29. The second kappa shape index (κ2) is 5.51. The molecular formula is C15H14BrClN2. The maximum atomic E-state index is 6.05. The Morgan fingerprint density at radius 2 is 1.95 bits per heavy atom. The van der Waals surface area contributed by atoms with E-state index < -0.39 is 0 Å². The quantitative estimate of drug-likeness (QED) is 0.809. The summed E-state index contributed by atoms with van der Waals surface area (Å²) in [7, 11) is 0. The summed E-state index contributed by atoms with van der Waals surface area (Å²) in [6.07, 6.45) is 3.97. The van der Waals surface area contributed by atoms with Gasteiger partial charge in [0.15, 0.2) is 5.15 Å². The van der Waals surface area contributed by atoms with Crippen molar-refractivity contribution >= 4 is 33.2 Å². The number of hydrogen-bond donors (Lipinski definition) is 1. The molecule has 1 aromatic heterocycles. The van der Waals surface area contributed by atoms with Gasteiger partial charge in [0.2, 0.25) is 0 Å². The summed E-state index contributed by atoms with van der Waals surface area (Å²) in [5.74, 6) is 0.628. The number of anilines is 1. The van der Waals surface area contributed by atoms with Crippen molar-refractivity contribution in [3.8, 4) is 0 Å². The number of aromatic nitrogens is 1. The van der Waals surface area contributed by atoms with Crippen molar-refractivity contribution in [2.45, 2.75) is 24.8 Å². The molecule has 1 N–H and O–H groups in total. The molecule has 1 heterocycles. The zero-order chi connectivity index (χ0) is 13.2. The second-order valence-corrected chi connectivity index (χ2v) is 6.09. The molecule has 19 heavy (non-hydrogen) atoms. The Hall–Kier alpha value is -1.06. The largest absolute Gasteiger partial charge is 0.380 e. The fourth-order valence-electron chi connectivity index (χ4n) is 2.51. The molecule has 0 unspecified atom stereocenters. The summed E-state index contributed by atoms with van der Waals surface area (Å²) in [4.78, 5) is 4.08. The summed E-state index contributed by atoms with van der Waals surface area (Å²) in [6.45, 7) is 0. The molecule has 1 aromatic carbocycles. The van der Waals surface area contributed by atoms with Crippen LogP contribution in [-0.2, 0) is 0 Å². The van der Waals surface area contributed by atoms with Gasteiger partial charge in [-0.1, -0.05) is 45.7 Å². The normalized spacial score (nSPS) is 21.8. The van der Waals surface area contributed by atoms with Gasteiger partial charge in [-0.3, -0.25) is 0 Å². The zero-order valence-corrected chi connectivity index (χ0v) is 12.7. The minimum atomic E-state index is 0.485. The summed E-state index contributed by atoms with van der Waals surface area (Å²) in [6, 6.07) is 12.8. The van der Waals surface area contributed by atoms with Crippen molar-refractivity contribution in [1.29, 1.82) is 0 Å². The van der Waals surface area contributed by atoms with E-state index in [1.807, 2.05) is 12.1 Å². The molecule has 0 atom stereocenters. The van der Waals surface area contributed by atoms with Gasteiger partial charge in [-0.05, 0) is 42.5 Å². The van der Waals surface area contributed by atoms with Crippen LogP contribution in [0, 0.1) is 0 Å². The Labute approximate surface area is 126 Å². The van der Waals surface area contributed by atoms with E-state index in [1.54, 1.807) is 6.20 Å². The fraction of sp³-hybridized carbons (Fsp3) is 0.267. The van der Waals surface area contributed by atoms with Crippen LogP contribution in [0.5, 0.6) is 0 Å². The third-order valence-electron chi connectivity index (χ3n) is 3.60. The summed E-state index contributed by atoms with van der Waals surface area (Å²) < 4.78 is 1.21. The predicted octanol–water partition coefficient (Wildman–Crippen LogP) is 4.86. The van der Waals surface area contributed by atoms with E-state index in [9.17, 15) is 0 Å². The van der Waals surface area contributed by atoms with Gasteiger partial charge in [-0.15, -0.1) is 0 Å². The minimum absolute atomic E-state index is 0.485. The molecule has 0 spiro atoms. The number of halogens is 2. The lowest BCUT2D eigenvalue weighted by Gasteiger charge is -2.37. The second-order valence-electron chi connectivity index (χ2n) is 4.87. The van der Waals surface area contributed by atoms with Gasteiger partial charge in [0.05, 0.1) is 5.69 Å². The lowest BCUT2D eigenvalue weighted by molar-refractivity contribution is 0.373. The molecule has 0 bridgehead atoms. The minimum Gasteiger partial charge on any atom is -0.380 e. The van der Waals surface area contributed by atoms with Crippen LogP contribution < -0.4 is 5.32 Å². The lowest BCUT2D eigenvalue weighted by atomic mass is 9.76. The number of pyridine rings is 1. The Bertz CT molecular complexity index is 582. The Kier molecular flexibility index (Phi) is 3.76. The van der Waals surface area contributed by atoms with E-state index in [2.05, 4.69) is 50.5 Å². The van der Waals surface area contributed by atoms with E-state index in [1.165, 1.54) is 10.0 Å². The van der Waals surface area contributed by atoms with Crippen LogP contribution in [0.1, 0.15) is 24.3 Å². The number of benzene rings is 1. The summed E-state index contributed by atoms with van der Waals surface area (Å²) in [5, 5.41) is 4.00. The molecule has 2 aromatic rings.